The highest BCUT2D eigenvalue weighted by Crippen LogP contribution is 2.05. The molecule has 0 aromatic heterocycles. The summed E-state index contributed by atoms with van der Waals surface area (Å²) in [5.74, 6) is 3.32. The van der Waals surface area contributed by atoms with Crippen molar-refractivity contribution in [3.63, 3.8) is 0 Å². The molecule has 1 heterocycles. The molecule has 0 bridgehead atoms. The van der Waals surface area contributed by atoms with E-state index in [1.54, 1.807) is 0 Å². The molecule has 1 atom stereocenters. The van der Waals surface area contributed by atoms with Crippen LogP contribution in [-0.4, -0.2) is 46.0 Å². The molecule has 1 rings (SSSR count). The molecule has 1 aliphatic heterocycles. The first-order chi connectivity index (χ1) is 5.72. The Hall–Kier alpha value is 0.460. The predicted molar refractivity (Wildman–Crippen MR) is 57.3 cm³/mol. The zero-order valence-electron chi connectivity index (χ0n) is 7.53. The van der Waals surface area contributed by atoms with Crippen LogP contribution in [-0.2, 0) is 10.8 Å². The van der Waals surface area contributed by atoms with Gasteiger partial charge in [0.1, 0.15) is 0 Å². The number of hydrogen-bond acceptors (Lipinski definition) is 3. The molecule has 2 nitrogen and oxygen atoms in total. The average molecular weight is 207 g/mol. The summed E-state index contributed by atoms with van der Waals surface area (Å²) in [7, 11) is -0.538. The maximum absolute atomic E-state index is 11.0. The topological polar surface area (TPSA) is 20.3 Å². The fourth-order valence-electron chi connectivity index (χ4n) is 1.36. The third-order valence-corrected chi connectivity index (χ3v) is 4.05. The fraction of sp³-hybridized carbons (Fsp3) is 1.00. The van der Waals surface area contributed by atoms with Crippen LogP contribution in [0.5, 0.6) is 0 Å². The number of rotatable bonds is 3. The van der Waals surface area contributed by atoms with E-state index in [0.29, 0.717) is 5.92 Å². The van der Waals surface area contributed by atoms with Gasteiger partial charge in [-0.25, -0.2) is 0 Å². The van der Waals surface area contributed by atoms with Crippen molar-refractivity contribution in [2.24, 2.45) is 5.92 Å². The molecular formula is C8H17NOS2. The minimum atomic E-state index is -0.538. The van der Waals surface area contributed by atoms with E-state index in [1.807, 2.05) is 0 Å². The van der Waals surface area contributed by atoms with Crippen LogP contribution < -0.4 is 0 Å². The molecule has 1 aliphatic rings. The van der Waals surface area contributed by atoms with Gasteiger partial charge in [-0.05, 0) is 11.7 Å². The van der Waals surface area contributed by atoms with E-state index >= 15 is 0 Å². The molecule has 72 valence electrons. The van der Waals surface area contributed by atoms with Crippen molar-refractivity contribution in [2.45, 2.75) is 6.92 Å². The lowest BCUT2D eigenvalue weighted by atomic mass is 10.2. The quantitative estimate of drug-likeness (QED) is 0.685. The lowest BCUT2D eigenvalue weighted by Crippen LogP contribution is -2.40. The molecule has 0 N–H and O–H groups in total. The van der Waals surface area contributed by atoms with Gasteiger partial charge in [0, 0.05) is 41.9 Å². The van der Waals surface area contributed by atoms with Crippen molar-refractivity contribution in [1.82, 2.24) is 4.90 Å². The van der Waals surface area contributed by atoms with E-state index in [-0.39, 0.29) is 0 Å². The lowest BCUT2D eigenvalue weighted by Gasteiger charge is -2.28. The summed E-state index contributed by atoms with van der Waals surface area (Å²) in [5.41, 5.74) is 0. The van der Waals surface area contributed by atoms with E-state index in [1.165, 1.54) is 0 Å². The highest BCUT2D eigenvalue weighted by atomic mass is 32.2. The Labute approximate surface area is 82.6 Å². The maximum Gasteiger partial charge on any atom is 0.0363 e. The first-order valence-corrected chi connectivity index (χ1v) is 6.52. The second-order valence-electron chi connectivity index (χ2n) is 3.44. The van der Waals surface area contributed by atoms with Gasteiger partial charge in [-0.2, -0.15) is 12.6 Å². The van der Waals surface area contributed by atoms with Crippen molar-refractivity contribution in [1.29, 1.82) is 0 Å². The van der Waals surface area contributed by atoms with Crippen molar-refractivity contribution in [3.8, 4) is 0 Å². The standard InChI is InChI=1S/C8H17NOS2/c1-8(7-11)6-9-2-4-12(10)5-3-9/h8,11H,2-7H2,1H3. The van der Waals surface area contributed by atoms with Gasteiger partial charge in [0.2, 0.25) is 0 Å². The molecule has 1 fully saturated rings. The molecule has 0 aliphatic carbocycles. The van der Waals surface area contributed by atoms with Crippen molar-refractivity contribution < 1.29 is 4.21 Å². The Kier molecular flexibility index (Phi) is 4.61. The molecule has 1 unspecified atom stereocenters. The van der Waals surface area contributed by atoms with Crippen molar-refractivity contribution in [3.05, 3.63) is 0 Å². The largest absolute Gasteiger partial charge is 0.301 e. The maximum atomic E-state index is 11.0. The first kappa shape index (κ1) is 10.5. The summed E-state index contributed by atoms with van der Waals surface area (Å²) in [5, 5.41) is 0. The van der Waals surface area contributed by atoms with E-state index in [2.05, 4.69) is 24.5 Å². The summed E-state index contributed by atoms with van der Waals surface area (Å²) < 4.78 is 11.0. The number of hydrogen-bond donors (Lipinski definition) is 1. The minimum Gasteiger partial charge on any atom is -0.301 e. The third-order valence-electron chi connectivity index (χ3n) is 2.15. The van der Waals surface area contributed by atoms with E-state index in [4.69, 9.17) is 0 Å². The van der Waals surface area contributed by atoms with E-state index < -0.39 is 10.8 Å². The monoisotopic (exact) mass is 207 g/mol. The van der Waals surface area contributed by atoms with Crippen LogP contribution in [0.4, 0.5) is 0 Å². The summed E-state index contributed by atoms with van der Waals surface area (Å²) in [4.78, 5) is 2.39. The summed E-state index contributed by atoms with van der Waals surface area (Å²) in [6.45, 7) is 5.33. The van der Waals surface area contributed by atoms with Crippen LogP contribution in [0.2, 0.25) is 0 Å². The lowest BCUT2D eigenvalue weighted by molar-refractivity contribution is 0.268. The molecule has 0 spiro atoms. The van der Waals surface area contributed by atoms with Crippen molar-refractivity contribution in [2.75, 3.05) is 36.9 Å². The summed E-state index contributed by atoms with van der Waals surface area (Å²) >= 11 is 4.25. The number of thiol groups is 1. The molecule has 0 amide bonds. The van der Waals surface area contributed by atoms with Gasteiger partial charge in [0.15, 0.2) is 0 Å². The van der Waals surface area contributed by atoms with Gasteiger partial charge in [0.05, 0.1) is 0 Å². The Morgan fingerprint density at radius 2 is 2.08 bits per heavy atom. The summed E-state index contributed by atoms with van der Waals surface area (Å²) in [6, 6.07) is 0. The SMILES string of the molecule is CC(CS)CN1CCS(=O)CC1. The summed E-state index contributed by atoms with van der Waals surface area (Å²) in [6.07, 6.45) is 0. The normalized spacial score (nSPS) is 24.2. The first-order valence-electron chi connectivity index (χ1n) is 4.40. The molecule has 0 aromatic rings. The van der Waals surface area contributed by atoms with Crippen LogP contribution >= 0.6 is 12.6 Å². The zero-order chi connectivity index (χ0) is 8.97. The molecular weight excluding hydrogens is 190 g/mol. The van der Waals surface area contributed by atoms with Crippen LogP contribution in [0.25, 0.3) is 0 Å². The predicted octanol–water partition coefficient (Wildman–Crippen LogP) is 0.617. The molecule has 0 saturated carbocycles. The third kappa shape index (κ3) is 3.46. The van der Waals surface area contributed by atoms with Gasteiger partial charge >= 0.3 is 0 Å². The van der Waals surface area contributed by atoms with Gasteiger partial charge in [0.25, 0.3) is 0 Å². The fourth-order valence-corrected chi connectivity index (χ4v) is 2.60. The van der Waals surface area contributed by atoms with Crippen molar-refractivity contribution >= 4 is 23.4 Å². The second kappa shape index (κ2) is 5.25. The van der Waals surface area contributed by atoms with Crippen LogP contribution in [0, 0.1) is 5.92 Å². The number of nitrogens with zero attached hydrogens (tertiary/aromatic N) is 1. The van der Waals surface area contributed by atoms with Gasteiger partial charge in [-0.15, -0.1) is 0 Å². The minimum absolute atomic E-state index is 0.538. The van der Waals surface area contributed by atoms with Crippen LogP contribution in [0.15, 0.2) is 0 Å². The van der Waals surface area contributed by atoms with E-state index in [9.17, 15) is 4.21 Å². The highest BCUT2D eigenvalue weighted by Gasteiger charge is 2.16. The van der Waals surface area contributed by atoms with Gasteiger partial charge in [-0.1, -0.05) is 6.92 Å². The molecule has 1 saturated heterocycles. The average Bonchev–Trinajstić information content (AvgIpc) is 2.09. The van der Waals surface area contributed by atoms with E-state index in [0.717, 1.165) is 36.9 Å². The van der Waals surface area contributed by atoms with Gasteiger partial charge in [-0.3, -0.25) is 4.21 Å². The Morgan fingerprint density at radius 1 is 1.50 bits per heavy atom. The highest BCUT2D eigenvalue weighted by molar-refractivity contribution is 7.85. The molecule has 0 radical (unpaired) electrons. The second-order valence-corrected chi connectivity index (χ2v) is 5.50. The Morgan fingerprint density at radius 3 is 2.58 bits per heavy atom. The Bertz CT molecular complexity index is 153. The Balaban J connectivity index is 2.21. The van der Waals surface area contributed by atoms with Crippen LogP contribution in [0.3, 0.4) is 0 Å². The van der Waals surface area contributed by atoms with Crippen LogP contribution in [0.1, 0.15) is 6.92 Å². The molecule has 12 heavy (non-hydrogen) atoms. The molecule has 4 heteroatoms. The smallest absolute Gasteiger partial charge is 0.0363 e. The van der Waals surface area contributed by atoms with Gasteiger partial charge < -0.3 is 4.90 Å². The molecule has 0 aromatic carbocycles. The zero-order valence-corrected chi connectivity index (χ0v) is 9.24.